The van der Waals surface area contributed by atoms with Gasteiger partial charge < -0.3 is 59.4 Å². The summed E-state index contributed by atoms with van der Waals surface area (Å²) >= 11 is 0. The number of ether oxygens (including phenoxy) is 5. The molecule has 0 saturated carbocycles. The van der Waals surface area contributed by atoms with E-state index in [0.717, 1.165) is 0 Å². The summed E-state index contributed by atoms with van der Waals surface area (Å²) < 4.78 is 26.6. The molecule has 2 aliphatic rings. The Kier molecular flexibility index (Phi) is 11.0. The van der Waals surface area contributed by atoms with E-state index >= 15 is 0 Å². The van der Waals surface area contributed by atoms with Crippen LogP contribution in [0.4, 0.5) is 0 Å². The van der Waals surface area contributed by atoms with Gasteiger partial charge >= 0.3 is 5.97 Å². The van der Waals surface area contributed by atoms with E-state index in [4.69, 9.17) is 23.7 Å². The average molecular weight is 482 g/mol. The van der Waals surface area contributed by atoms with E-state index in [1.807, 2.05) is 0 Å². The maximum Gasteiger partial charge on any atom is 0.333 e. The molecular weight excluding hydrogens is 448 g/mol. The van der Waals surface area contributed by atoms with Crippen molar-refractivity contribution in [3.05, 3.63) is 12.2 Å². The van der Waals surface area contributed by atoms with Crippen molar-refractivity contribution in [1.82, 2.24) is 0 Å². The first-order valence-electron chi connectivity index (χ1n) is 10.6. The molecule has 0 amide bonds. The van der Waals surface area contributed by atoms with E-state index in [9.17, 15) is 40.5 Å². The largest absolute Gasteiger partial charge is 0.462 e. The van der Waals surface area contributed by atoms with E-state index in [-0.39, 0.29) is 18.8 Å². The molecule has 0 radical (unpaired) electrons. The number of aliphatic hydroxyl groups is 7. The monoisotopic (exact) mass is 482 g/mol. The molecule has 2 aliphatic heterocycles. The summed E-state index contributed by atoms with van der Waals surface area (Å²) in [4.78, 5) is 11.3. The van der Waals surface area contributed by atoms with Crippen LogP contribution < -0.4 is 0 Å². The van der Waals surface area contributed by atoms with E-state index in [0.29, 0.717) is 12.8 Å². The molecule has 0 aliphatic carbocycles. The van der Waals surface area contributed by atoms with E-state index in [2.05, 4.69) is 6.58 Å². The van der Waals surface area contributed by atoms with Crippen LogP contribution >= 0.6 is 0 Å². The van der Waals surface area contributed by atoms with Gasteiger partial charge in [0, 0.05) is 12.2 Å². The van der Waals surface area contributed by atoms with Gasteiger partial charge in [0.05, 0.1) is 19.8 Å². The number of esters is 1. The van der Waals surface area contributed by atoms with Gasteiger partial charge in [0.25, 0.3) is 0 Å². The molecule has 0 aromatic rings. The fourth-order valence-corrected chi connectivity index (χ4v) is 3.38. The third-order valence-corrected chi connectivity index (χ3v) is 5.36. The Labute approximate surface area is 190 Å². The number of hydrogen-bond acceptors (Lipinski definition) is 13. The summed E-state index contributed by atoms with van der Waals surface area (Å²) in [5.41, 5.74) is 0.287. The summed E-state index contributed by atoms with van der Waals surface area (Å²) in [6.45, 7) is 3.92. The number of aliphatic hydroxyl groups excluding tert-OH is 7. The van der Waals surface area contributed by atoms with Crippen molar-refractivity contribution in [2.45, 2.75) is 81.2 Å². The number of carbonyl (C=O) groups excluding carboxylic acids is 1. The first kappa shape index (κ1) is 28.0. The summed E-state index contributed by atoms with van der Waals surface area (Å²) in [6, 6.07) is 0. The predicted molar refractivity (Wildman–Crippen MR) is 107 cm³/mol. The quantitative estimate of drug-likeness (QED) is 0.0869. The fourth-order valence-electron chi connectivity index (χ4n) is 3.38. The van der Waals surface area contributed by atoms with Crippen LogP contribution in [0.1, 0.15) is 19.8 Å². The average Bonchev–Trinajstić information content (AvgIpc) is 2.80. The molecule has 0 unspecified atom stereocenters. The molecule has 2 fully saturated rings. The number of carbonyl (C=O) groups is 1. The third-order valence-electron chi connectivity index (χ3n) is 5.36. The smallest absolute Gasteiger partial charge is 0.333 e. The van der Waals surface area contributed by atoms with Crippen molar-refractivity contribution in [1.29, 1.82) is 0 Å². The van der Waals surface area contributed by atoms with Crippen LogP contribution in [0, 0.1) is 0 Å². The fraction of sp³-hybridized carbons (Fsp3) is 0.850. The van der Waals surface area contributed by atoms with Crippen LogP contribution in [0.25, 0.3) is 0 Å². The SMILES string of the molecule is C=C(C)C(=O)OCCCCO[C@@H]1O[C@H](CO)[C@@H](O[C@@H]2O[C@H](CO)[C@@H](O)[C@H](O)[C@H]2O)[C@H](O)[C@H]1O. The summed E-state index contributed by atoms with van der Waals surface area (Å²) in [7, 11) is 0. The zero-order valence-corrected chi connectivity index (χ0v) is 18.3. The van der Waals surface area contributed by atoms with Crippen LogP contribution in [0.2, 0.25) is 0 Å². The van der Waals surface area contributed by atoms with Gasteiger partial charge in [-0.1, -0.05) is 6.58 Å². The van der Waals surface area contributed by atoms with Gasteiger partial charge in [-0.05, 0) is 19.8 Å². The minimum Gasteiger partial charge on any atom is -0.462 e. The lowest BCUT2D eigenvalue weighted by Gasteiger charge is -2.45. The molecule has 13 heteroatoms. The molecule has 13 nitrogen and oxygen atoms in total. The van der Waals surface area contributed by atoms with Crippen LogP contribution in [0.3, 0.4) is 0 Å². The van der Waals surface area contributed by atoms with Gasteiger partial charge in [0.2, 0.25) is 0 Å². The first-order chi connectivity index (χ1) is 15.6. The summed E-state index contributed by atoms with van der Waals surface area (Å²) in [6.07, 6.45) is -14.1. The van der Waals surface area contributed by atoms with Gasteiger partial charge in [-0.15, -0.1) is 0 Å². The van der Waals surface area contributed by atoms with Crippen molar-refractivity contribution in [2.24, 2.45) is 0 Å². The van der Waals surface area contributed by atoms with E-state index in [1.165, 1.54) is 6.92 Å². The Balaban J connectivity index is 1.88. The molecule has 2 saturated heterocycles. The highest BCUT2D eigenvalue weighted by Crippen LogP contribution is 2.29. The van der Waals surface area contributed by atoms with Crippen molar-refractivity contribution in [3.63, 3.8) is 0 Å². The number of rotatable bonds is 11. The molecule has 0 aromatic carbocycles. The Bertz CT molecular complexity index is 627. The zero-order valence-electron chi connectivity index (χ0n) is 18.3. The Hall–Kier alpha value is -1.23. The molecule has 10 atom stereocenters. The zero-order chi connectivity index (χ0) is 24.7. The van der Waals surface area contributed by atoms with Gasteiger partial charge in [0.15, 0.2) is 12.6 Å². The lowest BCUT2D eigenvalue weighted by atomic mass is 9.97. The Morgan fingerprint density at radius 3 is 2.00 bits per heavy atom. The second-order valence-electron chi connectivity index (χ2n) is 8.00. The van der Waals surface area contributed by atoms with Gasteiger partial charge in [-0.3, -0.25) is 0 Å². The van der Waals surface area contributed by atoms with Gasteiger partial charge in [-0.2, -0.15) is 0 Å². The van der Waals surface area contributed by atoms with Crippen molar-refractivity contribution in [2.75, 3.05) is 26.4 Å². The highest BCUT2D eigenvalue weighted by atomic mass is 16.7. The predicted octanol–water partition coefficient (Wildman–Crippen LogP) is -3.47. The maximum absolute atomic E-state index is 11.3. The summed E-state index contributed by atoms with van der Waals surface area (Å²) in [5.74, 6) is -0.499. The topological polar surface area (TPSA) is 205 Å². The molecule has 2 rings (SSSR count). The minimum absolute atomic E-state index is 0.0927. The number of hydrogen-bond donors (Lipinski definition) is 7. The summed E-state index contributed by atoms with van der Waals surface area (Å²) in [5, 5.41) is 69.7. The molecule has 192 valence electrons. The molecule has 0 bridgehead atoms. The lowest BCUT2D eigenvalue weighted by Crippen LogP contribution is -2.64. The Morgan fingerprint density at radius 2 is 1.39 bits per heavy atom. The standard InChI is InChI=1S/C20H34O13/c1-9(2)18(28)29-5-3-4-6-30-19-16(27)14(25)17(11(8-22)32-19)33-20-15(26)13(24)12(23)10(7-21)31-20/h10-17,19-27H,1,3-8H2,2H3/t10-,11-,12-,13+,14-,15-,16-,17-,19-,20+/m1/s1. The number of unbranched alkanes of at least 4 members (excludes halogenated alkanes) is 1. The molecular formula is C20H34O13. The molecule has 33 heavy (non-hydrogen) atoms. The van der Waals surface area contributed by atoms with Crippen LogP contribution in [0.15, 0.2) is 12.2 Å². The van der Waals surface area contributed by atoms with E-state index < -0.39 is 80.6 Å². The van der Waals surface area contributed by atoms with Crippen LogP contribution in [-0.4, -0.2) is 130 Å². The molecule has 2 heterocycles. The normalized spacial score (nSPS) is 39.3. The van der Waals surface area contributed by atoms with Crippen molar-refractivity contribution < 1.29 is 64.2 Å². The van der Waals surface area contributed by atoms with E-state index in [1.54, 1.807) is 0 Å². The lowest BCUT2D eigenvalue weighted by molar-refractivity contribution is -0.359. The first-order valence-corrected chi connectivity index (χ1v) is 10.6. The second-order valence-corrected chi connectivity index (χ2v) is 8.00. The Morgan fingerprint density at radius 1 is 0.818 bits per heavy atom. The van der Waals surface area contributed by atoms with Crippen molar-refractivity contribution >= 4 is 5.97 Å². The van der Waals surface area contributed by atoms with Crippen molar-refractivity contribution in [3.8, 4) is 0 Å². The third kappa shape index (κ3) is 7.13. The minimum atomic E-state index is -1.74. The maximum atomic E-state index is 11.3. The second kappa shape index (κ2) is 13.0. The molecule has 0 aromatic heterocycles. The van der Waals surface area contributed by atoms with Crippen LogP contribution in [0.5, 0.6) is 0 Å². The van der Waals surface area contributed by atoms with Gasteiger partial charge in [-0.25, -0.2) is 4.79 Å². The molecule has 7 N–H and O–H groups in total. The van der Waals surface area contributed by atoms with Gasteiger partial charge in [0.1, 0.15) is 48.8 Å². The molecule has 0 spiro atoms. The highest BCUT2D eigenvalue weighted by Gasteiger charge is 2.50. The highest BCUT2D eigenvalue weighted by molar-refractivity contribution is 5.86. The van der Waals surface area contributed by atoms with Crippen LogP contribution in [-0.2, 0) is 28.5 Å².